The lowest BCUT2D eigenvalue weighted by Gasteiger charge is -2.08. The highest BCUT2D eigenvalue weighted by atomic mass is 32.2. The molecule has 0 radical (unpaired) electrons. The molecule has 0 aliphatic carbocycles. The fourth-order valence-electron chi connectivity index (χ4n) is 2.11. The first-order chi connectivity index (χ1) is 8.22. The van der Waals surface area contributed by atoms with E-state index in [1.807, 2.05) is 24.3 Å². The van der Waals surface area contributed by atoms with Crippen molar-refractivity contribution in [2.45, 2.75) is 16.6 Å². The molecule has 86 valence electrons. The van der Waals surface area contributed by atoms with E-state index < -0.39 is 0 Å². The second-order valence-corrected chi connectivity index (χ2v) is 5.47. The van der Waals surface area contributed by atoms with Crippen molar-refractivity contribution in [2.24, 2.45) is 0 Å². The van der Waals surface area contributed by atoms with E-state index in [9.17, 15) is 4.39 Å². The molecule has 1 nitrogen and oxygen atoms in total. The number of hydrogen-bond donors (Lipinski definition) is 1. The number of anilines is 1. The Kier molecular flexibility index (Phi) is 2.56. The third-order valence-electron chi connectivity index (χ3n) is 3.01. The van der Waals surface area contributed by atoms with Crippen LogP contribution in [0.2, 0.25) is 0 Å². The van der Waals surface area contributed by atoms with Crippen molar-refractivity contribution < 1.29 is 4.39 Å². The molecule has 1 atom stereocenters. The minimum atomic E-state index is -0.182. The monoisotopic (exact) mass is 245 g/mol. The van der Waals surface area contributed by atoms with Gasteiger partial charge in [0.15, 0.2) is 0 Å². The highest BCUT2D eigenvalue weighted by molar-refractivity contribution is 7.99. The fraction of sp³-hybridized carbons (Fsp3) is 0.143. The summed E-state index contributed by atoms with van der Waals surface area (Å²) in [5.41, 5.74) is 9.08. The third-order valence-corrected chi connectivity index (χ3v) is 4.36. The maximum Gasteiger partial charge on any atom is 0.123 e. The van der Waals surface area contributed by atoms with Crippen molar-refractivity contribution in [2.75, 3.05) is 5.73 Å². The summed E-state index contributed by atoms with van der Waals surface area (Å²) < 4.78 is 12.9. The number of rotatable bonds is 1. The Labute approximate surface area is 104 Å². The van der Waals surface area contributed by atoms with Gasteiger partial charge in [-0.2, -0.15) is 0 Å². The second kappa shape index (κ2) is 4.08. The molecule has 1 aliphatic rings. The average molecular weight is 245 g/mol. The Balaban J connectivity index is 1.88. The van der Waals surface area contributed by atoms with Crippen LogP contribution in [0.5, 0.6) is 0 Å². The summed E-state index contributed by atoms with van der Waals surface area (Å²) in [5, 5.41) is 0.382. The smallest absolute Gasteiger partial charge is 0.123 e. The summed E-state index contributed by atoms with van der Waals surface area (Å²) >= 11 is 1.81. The van der Waals surface area contributed by atoms with Crippen LogP contribution in [-0.4, -0.2) is 0 Å². The molecule has 0 saturated carbocycles. The molecule has 3 rings (SSSR count). The third kappa shape index (κ3) is 2.03. The minimum absolute atomic E-state index is 0.182. The molecule has 0 bridgehead atoms. The Hall–Kier alpha value is -1.48. The average Bonchev–Trinajstić information content (AvgIpc) is 2.72. The van der Waals surface area contributed by atoms with Gasteiger partial charge < -0.3 is 5.73 Å². The van der Waals surface area contributed by atoms with Gasteiger partial charge >= 0.3 is 0 Å². The first-order valence-corrected chi connectivity index (χ1v) is 6.41. The van der Waals surface area contributed by atoms with Gasteiger partial charge in [0, 0.05) is 15.8 Å². The molecule has 0 aromatic heterocycles. The van der Waals surface area contributed by atoms with Gasteiger partial charge in [-0.25, -0.2) is 4.39 Å². The van der Waals surface area contributed by atoms with E-state index in [0.717, 1.165) is 12.1 Å². The summed E-state index contributed by atoms with van der Waals surface area (Å²) in [4.78, 5) is 1.25. The Morgan fingerprint density at radius 2 is 1.88 bits per heavy atom. The summed E-state index contributed by atoms with van der Waals surface area (Å²) in [5.74, 6) is -0.182. The van der Waals surface area contributed by atoms with Crippen molar-refractivity contribution in [1.82, 2.24) is 0 Å². The van der Waals surface area contributed by atoms with Crippen molar-refractivity contribution >= 4 is 17.4 Å². The van der Waals surface area contributed by atoms with Crippen LogP contribution in [0.4, 0.5) is 10.1 Å². The molecule has 0 amide bonds. The fourth-order valence-corrected chi connectivity index (χ4v) is 3.48. The molecule has 2 aromatic rings. The quantitative estimate of drug-likeness (QED) is 0.773. The van der Waals surface area contributed by atoms with E-state index in [-0.39, 0.29) is 5.82 Å². The molecule has 1 heterocycles. The van der Waals surface area contributed by atoms with Crippen molar-refractivity contribution in [3.8, 4) is 0 Å². The minimum Gasteiger partial charge on any atom is -0.399 e. The van der Waals surface area contributed by atoms with Crippen molar-refractivity contribution in [1.29, 1.82) is 0 Å². The molecule has 0 fully saturated rings. The highest BCUT2D eigenvalue weighted by Crippen LogP contribution is 2.46. The Bertz CT molecular complexity index is 551. The summed E-state index contributed by atoms with van der Waals surface area (Å²) in [7, 11) is 0. The van der Waals surface area contributed by atoms with E-state index >= 15 is 0 Å². The number of hydrogen-bond acceptors (Lipinski definition) is 2. The zero-order valence-corrected chi connectivity index (χ0v) is 10.0. The molecule has 2 aromatic carbocycles. The number of thioether (sulfide) groups is 1. The standard InChI is InChI=1S/C14H12FNS/c15-11-4-1-9(2-5-11)13-7-10-3-6-12(16)8-14(10)17-13/h1-6,8,13H,7,16H2. The molecular weight excluding hydrogens is 233 g/mol. The first kappa shape index (κ1) is 10.7. The van der Waals surface area contributed by atoms with E-state index in [2.05, 4.69) is 6.07 Å². The van der Waals surface area contributed by atoms with Crippen molar-refractivity contribution in [3.05, 3.63) is 59.4 Å². The van der Waals surface area contributed by atoms with E-state index in [4.69, 9.17) is 5.73 Å². The maximum absolute atomic E-state index is 12.9. The topological polar surface area (TPSA) is 26.0 Å². The van der Waals surface area contributed by atoms with Crippen LogP contribution < -0.4 is 5.73 Å². The predicted molar refractivity (Wildman–Crippen MR) is 69.6 cm³/mol. The molecular formula is C14H12FNS. The molecule has 2 N–H and O–H groups in total. The lowest BCUT2D eigenvalue weighted by Crippen LogP contribution is -1.92. The van der Waals surface area contributed by atoms with Crippen LogP contribution in [0.15, 0.2) is 47.4 Å². The zero-order chi connectivity index (χ0) is 11.8. The molecule has 3 heteroatoms. The van der Waals surface area contributed by atoms with Gasteiger partial charge in [0.2, 0.25) is 0 Å². The van der Waals surface area contributed by atoms with Gasteiger partial charge in [0.1, 0.15) is 5.82 Å². The van der Waals surface area contributed by atoms with E-state index in [1.54, 1.807) is 11.8 Å². The van der Waals surface area contributed by atoms with Crippen LogP contribution in [0, 0.1) is 5.82 Å². The van der Waals surface area contributed by atoms with Crippen LogP contribution in [-0.2, 0) is 6.42 Å². The normalized spacial score (nSPS) is 18.1. The second-order valence-electron chi connectivity index (χ2n) is 4.23. The van der Waals surface area contributed by atoms with Crippen molar-refractivity contribution in [3.63, 3.8) is 0 Å². The molecule has 0 spiro atoms. The van der Waals surface area contributed by atoms with Crippen LogP contribution in [0.3, 0.4) is 0 Å². The van der Waals surface area contributed by atoms with Gasteiger partial charge in [-0.15, -0.1) is 11.8 Å². The van der Waals surface area contributed by atoms with Gasteiger partial charge in [-0.1, -0.05) is 18.2 Å². The number of nitrogen functional groups attached to an aromatic ring is 1. The van der Waals surface area contributed by atoms with E-state index in [0.29, 0.717) is 5.25 Å². The SMILES string of the molecule is Nc1ccc2c(c1)SC(c1ccc(F)cc1)C2. The Morgan fingerprint density at radius 1 is 1.12 bits per heavy atom. The molecule has 0 saturated heterocycles. The number of fused-ring (bicyclic) bond motifs is 1. The summed E-state index contributed by atoms with van der Waals surface area (Å²) in [6, 6.07) is 12.8. The van der Waals surface area contributed by atoms with Crippen LogP contribution >= 0.6 is 11.8 Å². The van der Waals surface area contributed by atoms with Crippen LogP contribution in [0.1, 0.15) is 16.4 Å². The lowest BCUT2D eigenvalue weighted by atomic mass is 10.0. The highest BCUT2D eigenvalue weighted by Gasteiger charge is 2.23. The lowest BCUT2D eigenvalue weighted by molar-refractivity contribution is 0.627. The predicted octanol–water partition coefficient (Wildman–Crippen LogP) is 3.80. The zero-order valence-electron chi connectivity index (χ0n) is 9.19. The van der Waals surface area contributed by atoms with E-state index in [1.165, 1.54) is 28.2 Å². The summed E-state index contributed by atoms with van der Waals surface area (Å²) in [6.45, 7) is 0. The summed E-state index contributed by atoms with van der Waals surface area (Å²) in [6.07, 6.45) is 0.992. The Morgan fingerprint density at radius 3 is 2.65 bits per heavy atom. The first-order valence-electron chi connectivity index (χ1n) is 5.53. The molecule has 1 unspecified atom stereocenters. The van der Waals surface area contributed by atoms with Gasteiger partial charge in [0.05, 0.1) is 0 Å². The van der Waals surface area contributed by atoms with Crippen LogP contribution in [0.25, 0.3) is 0 Å². The van der Waals surface area contributed by atoms with Gasteiger partial charge in [0.25, 0.3) is 0 Å². The largest absolute Gasteiger partial charge is 0.399 e. The van der Waals surface area contributed by atoms with Gasteiger partial charge in [-0.05, 0) is 41.8 Å². The number of nitrogens with two attached hydrogens (primary N) is 1. The number of benzene rings is 2. The van der Waals surface area contributed by atoms with Gasteiger partial charge in [-0.3, -0.25) is 0 Å². The molecule has 1 aliphatic heterocycles. The molecule has 17 heavy (non-hydrogen) atoms. The number of halogens is 1. The maximum atomic E-state index is 12.9.